The van der Waals surface area contributed by atoms with Crippen molar-refractivity contribution in [1.82, 2.24) is 5.32 Å². The minimum atomic E-state index is -0.843. The number of hydrogen-bond donors (Lipinski definition) is 3. The molecule has 1 amide bonds. The van der Waals surface area contributed by atoms with Crippen molar-refractivity contribution < 1.29 is 24.5 Å². The van der Waals surface area contributed by atoms with E-state index in [1.54, 1.807) is 6.08 Å². The lowest BCUT2D eigenvalue weighted by atomic mass is 10.0. The van der Waals surface area contributed by atoms with Crippen molar-refractivity contribution in [1.29, 1.82) is 0 Å². The highest BCUT2D eigenvalue weighted by atomic mass is 16.5. The van der Waals surface area contributed by atoms with E-state index in [-0.39, 0.29) is 18.5 Å². The van der Waals surface area contributed by atoms with Gasteiger partial charge in [0.25, 0.3) is 0 Å². The van der Waals surface area contributed by atoms with Crippen LogP contribution < -0.4 is 5.32 Å². The molecule has 0 saturated carbocycles. The molecule has 0 aromatic heterocycles. The number of rotatable bonds is 64. The minimum absolute atomic E-state index is 0.00240. The molecular formula is C71H133NO5. The first kappa shape index (κ1) is 74.8. The van der Waals surface area contributed by atoms with Gasteiger partial charge in [-0.2, -0.15) is 0 Å². The summed E-state index contributed by atoms with van der Waals surface area (Å²) in [6.45, 7) is 4.85. The Bertz CT molecular complexity index is 1290. The Hall–Kier alpha value is -2.18. The summed E-state index contributed by atoms with van der Waals surface area (Å²) in [5.41, 5.74) is 0. The van der Waals surface area contributed by atoms with Crippen LogP contribution in [0.25, 0.3) is 0 Å². The van der Waals surface area contributed by atoms with Crippen LogP contribution in [-0.4, -0.2) is 47.4 Å². The SMILES string of the molecule is CCC/C=C\C/C=C\CCCCCCCC(=O)OCCCCCCCCCCCCCC/C=C\CCCCCCCCCCCCCCCCCCC(=O)NC(CO)C(O)/C=C/CCCCCCCCCCCCCCC. The second-order valence-electron chi connectivity index (χ2n) is 23.5. The molecule has 6 nitrogen and oxygen atoms in total. The molecule has 452 valence electrons. The van der Waals surface area contributed by atoms with Crippen LogP contribution in [-0.2, 0) is 14.3 Å². The smallest absolute Gasteiger partial charge is 0.305 e. The Morgan fingerprint density at radius 3 is 1.05 bits per heavy atom. The van der Waals surface area contributed by atoms with Gasteiger partial charge in [0.15, 0.2) is 0 Å². The molecule has 3 N–H and O–H groups in total. The number of amides is 1. The summed E-state index contributed by atoms with van der Waals surface area (Å²) in [7, 11) is 0. The zero-order valence-corrected chi connectivity index (χ0v) is 51.7. The predicted octanol–water partition coefficient (Wildman–Crippen LogP) is 22.1. The van der Waals surface area contributed by atoms with Gasteiger partial charge in [-0.3, -0.25) is 9.59 Å². The Kier molecular flexibility index (Phi) is 64.5. The Balaban J connectivity index is 3.37. The van der Waals surface area contributed by atoms with Gasteiger partial charge in [-0.15, -0.1) is 0 Å². The van der Waals surface area contributed by atoms with Crippen molar-refractivity contribution in [2.75, 3.05) is 13.2 Å². The van der Waals surface area contributed by atoms with E-state index in [4.69, 9.17) is 4.74 Å². The van der Waals surface area contributed by atoms with Gasteiger partial charge in [0.2, 0.25) is 5.91 Å². The van der Waals surface area contributed by atoms with E-state index in [1.165, 1.54) is 289 Å². The molecule has 0 aliphatic carbocycles. The first-order valence-corrected chi connectivity index (χ1v) is 34.4. The van der Waals surface area contributed by atoms with Gasteiger partial charge in [0, 0.05) is 12.8 Å². The van der Waals surface area contributed by atoms with Crippen LogP contribution in [0, 0.1) is 0 Å². The van der Waals surface area contributed by atoms with Gasteiger partial charge in [-0.1, -0.05) is 319 Å². The summed E-state index contributed by atoms with van der Waals surface area (Å²) < 4.78 is 5.47. The molecule has 0 spiro atoms. The number of aliphatic hydroxyl groups excluding tert-OH is 2. The van der Waals surface area contributed by atoms with E-state index < -0.39 is 12.1 Å². The zero-order chi connectivity index (χ0) is 55.7. The molecular weight excluding hydrogens is 947 g/mol. The van der Waals surface area contributed by atoms with E-state index in [9.17, 15) is 19.8 Å². The normalized spacial score (nSPS) is 12.8. The summed E-state index contributed by atoms with van der Waals surface area (Å²) in [5, 5.41) is 23.2. The van der Waals surface area contributed by atoms with Gasteiger partial charge in [-0.25, -0.2) is 0 Å². The average molecular weight is 1080 g/mol. The summed E-state index contributed by atoms with van der Waals surface area (Å²) in [6.07, 6.45) is 86.2. The standard InChI is InChI=1S/C71H133NO5/c1-3-5-7-9-11-13-15-17-36-40-43-47-51-55-59-63-69(74)68(67-73)72-70(75)64-60-56-52-48-44-41-37-34-32-30-28-26-24-22-20-18-19-21-23-25-27-29-31-33-35-38-42-46-50-54-58-62-66-77-71(76)65-61-57-53-49-45-39-16-14-12-10-8-6-4-2/h8,10,14,16,21,23,59,63,68-69,73-74H,3-7,9,11-13,15,17-20,22,24-58,60-62,64-67H2,1-2H3,(H,72,75)/b10-8-,16-14-,23-21-,63-59+. The number of carbonyl (C=O) groups is 2. The van der Waals surface area contributed by atoms with Crippen molar-refractivity contribution in [3.05, 3.63) is 48.6 Å². The van der Waals surface area contributed by atoms with E-state index in [2.05, 4.69) is 55.6 Å². The van der Waals surface area contributed by atoms with Gasteiger partial charge in [-0.05, 0) is 83.5 Å². The molecule has 0 aliphatic rings. The largest absolute Gasteiger partial charge is 0.466 e. The highest BCUT2D eigenvalue weighted by Crippen LogP contribution is 2.18. The fraction of sp³-hybridized carbons (Fsp3) is 0.859. The van der Waals surface area contributed by atoms with E-state index in [1.807, 2.05) is 6.08 Å². The molecule has 0 fully saturated rings. The highest BCUT2D eigenvalue weighted by molar-refractivity contribution is 5.76. The molecule has 0 aliphatic heterocycles. The van der Waals surface area contributed by atoms with Crippen molar-refractivity contribution >= 4 is 11.9 Å². The summed E-state index contributed by atoms with van der Waals surface area (Å²) in [6, 6.07) is -0.626. The van der Waals surface area contributed by atoms with Crippen molar-refractivity contribution in [3.8, 4) is 0 Å². The van der Waals surface area contributed by atoms with Gasteiger partial charge in [0.05, 0.1) is 25.4 Å². The quantitative estimate of drug-likeness (QED) is 0.0320. The molecule has 0 aromatic carbocycles. The number of allylic oxidation sites excluding steroid dienone is 7. The summed E-state index contributed by atoms with van der Waals surface area (Å²) >= 11 is 0. The number of esters is 1. The number of nitrogens with one attached hydrogen (secondary N) is 1. The molecule has 6 heteroatoms. The fourth-order valence-electron chi connectivity index (χ4n) is 10.6. The lowest BCUT2D eigenvalue weighted by Gasteiger charge is -2.20. The molecule has 2 atom stereocenters. The van der Waals surface area contributed by atoms with Crippen LogP contribution in [0.1, 0.15) is 367 Å². The molecule has 77 heavy (non-hydrogen) atoms. The number of ether oxygens (including phenoxy) is 1. The topological polar surface area (TPSA) is 95.9 Å². The number of unbranched alkanes of at least 4 members (excludes halogenated alkanes) is 47. The first-order chi connectivity index (χ1) is 38.0. The van der Waals surface area contributed by atoms with Crippen molar-refractivity contribution in [2.45, 2.75) is 379 Å². The monoisotopic (exact) mass is 1080 g/mol. The lowest BCUT2D eigenvalue weighted by molar-refractivity contribution is -0.143. The zero-order valence-electron chi connectivity index (χ0n) is 51.7. The third-order valence-electron chi connectivity index (χ3n) is 15.8. The second-order valence-corrected chi connectivity index (χ2v) is 23.5. The van der Waals surface area contributed by atoms with E-state index in [0.29, 0.717) is 19.4 Å². The third kappa shape index (κ3) is 62.9. The van der Waals surface area contributed by atoms with Gasteiger partial charge < -0.3 is 20.3 Å². The molecule has 0 rings (SSSR count). The molecule has 0 aromatic rings. The summed E-state index contributed by atoms with van der Waals surface area (Å²) in [5.74, 6) is -0.0614. The maximum atomic E-state index is 12.5. The molecule has 0 heterocycles. The number of hydrogen-bond acceptors (Lipinski definition) is 5. The molecule has 2 unspecified atom stereocenters. The molecule has 0 bridgehead atoms. The number of carbonyl (C=O) groups excluding carboxylic acids is 2. The maximum absolute atomic E-state index is 12.5. The van der Waals surface area contributed by atoms with Crippen molar-refractivity contribution in [2.24, 2.45) is 0 Å². The van der Waals surface area contributed by atoms with Crippen LogP contribution >= 0.6 is 0 Å². The highest BCUT2D eigenvalue weighted by Gasteiger charge is 2.18. The first-order valence-electron chi connectivity index (χ1n) is 34.4. The summed E-state index contributed by atoms with van der Waals surface area (Å²) in [4.78, 5) is 24.5. The molecule has 0 saturated heterocycles. The fourth-order valence-corrected chi connectivity index (χ4v) is 10.6. The van der Waals surface area contributed by atoms with E-state index >= 15 is 0 Å². The Labute approximate surface area is 480 Å². The van der Waals surface area contributed by atoms with Gasteiger partial charge in [0.1, 0.15) is 0 Å². The van der Waals surface area contributed by atoms with Crippen molar-refractivity contribution in [3.63, 3.8) is 0 Å². The minimum Gasteiger partial charge on any atom is -0.466 e. The van der Waals surface area contributed by atoms with Crippen LogP contribution in [0.15, 0.2) is 48.6 Å². The predicted molar refractivity (Wildman–Crippen MR) is 338 cm³/mol. The van der Waals surface area contributed by atoms with E-state index in [0.717, 1.165) is 51.4 Å². The lowest BCUT2D eigenvalue weighted by Crippen LogP contribution is -2.45. The number of aliphatic hydroxyl groups is 2. The third-order valence-corrected chi connectivity index (χ3v) is 15.8. The van der Waals surface area contributed by atoms with Crippen LogP contribution in [0.3, 0.4) is 0 Å². The second kappa shape index (κ2) is 66.3. The van der Waals surface area contributed by atoms with Crippen LogP contribution in [0.4, 0.5) is 0 Å². The Morgan fingerprint density at radius 1 is 0.364 bits per heavy atom. The van der Waals surface area contributed by atoms with Crippen LogP contribution in [0.2, 0.25) is 0 Å². The molecule has 0 radical (unpaired) electrons. The average Bonchev–Trinajstić information content (AvgIpc) is 3.43. The van der Waals surface area contributed by atoms with Crippen LogP contribution in [0.5, 0.6) is 0 Å². The van der Waals surface area contributed by atoms with Gasteiger partial charge >= 0.3 is 5.97 Å². The Morgan fingerprint density at radius 2 is 0.675 bits per heavy atom. The maximum Gasteiger partial charge on any atom is 0.305 e.